The summed E-state index contributed by atoms with van der Waals surface area (Å²) in [6.45, 7) is 0.975. The van der Waals surface area contributed by atoms with Crippen LogP contribution in [0.4, 0.5) is 0 Å². The van der Waals surface area contributed by atoms with Crippen LogP contribution in [0.15, 0.2) is 35.5 Å². The van der Waals surface area contributed by atoms with E-state index >= 15 is 0 Å². The molecule has 1 aromatic heterocycles. The van der Waals surface area contributed by atoms with Crippen LogP contribution in [0.5, 0.6) is 0 Å². The number of benzene rings is 1. The first kappa shape index (κ1) is 16.6. The first-order valence-electron chi connectivity index (χ1n) is 7.84. The maximum absolute atomic E-state index is 12.7. The lowest BCUT2D eigenvalue weighted by Crippen LogP contribution is -2.39. The number of sulfonamides is 1. The maximum Gasteiger partial charge on any atom is 0.243 e. The van der Waals surface area contributed by atoms with Gasteiger partial charge in [0.2, 0.25) is 10.0 Å². The molecule has 0 bridgehead atoms. The zero-order valence-corrected chi connectivity index (χ0v) is 14.3. The fourth-order valence-corrected chi connectivity index (χ4v) is 4.50. The molecule has 2 heterocycles. The first-order valence-corrected chi connectivity index (χ1v) is 9.28. The van der Waals surface area contributed by atoms with Gasteiger partial charge in [-0.05, 0) is 37.0 Å². The highest BCUT2D eigenvalue weighted by molar-refractivity contribution is 7.89. The maximum atomic E-state index is 12.7. The lowest BCUT2D eigenvalue weighted by molar-refractivity contribution is 0.269. The van der Waals surface area contributed by atoms with Crippen LogP contribution in [-0.4, -0.2) is 40.6 Å². The highest BCUT2D eigenvalue weighted by Gasteiger charge is 2.30. The van der Waals surface area contributed by atoms with Crippen molar-refractivity contribution in [2.75, 3.05) is 13.1 Å². The van der Waals surface area contributed by atoms with Gasteiger partial charge in [-0.3, -0.25) is 0 Å². The van der Waals surface area contributed by atoms with Gasteiger partial charge in [0.05, 0.1) is 16.5 Å². The Labute approximate surface area is 141 Å². The van der Waals surface area contributed by atoms with Crippen molar-refractivity contribution in [2.24, 2.45) is 13.0 Å². The highest BCUT2D eigenvalue weighted by atomic mass is 32.2. The summed E-state index contributed by atoms with van der Waals surface area (Å²) in [5.74, 6) is 1.34. The third-order valence-corrected chi connectivity index (χ3v) is 6.35. The van der Waals surface area contributed by atoms with Gasteiger partial charge in [-0.25, -0.2) is 8.42 Å². The molecule has 3 rings (SSSR count). The molecule has 0 N–H and O–H groups in total. The van der Waals surface area contributed by atoms with Gasteiger partial charge in [-0.1, -0.05) is 6.07 Å². The molecular weight excluding hydrogens is 326 g/mol. The largest absolute Gasteiger partial charge is 0.321 e. The van der Waals surface area contributed by atoms with Crippen molar-refractivity contribution >= 4 is 10.0 Å². The van der Waals surface area contributed by atoms with Gasteiger partial charge in [-0.15, -0.1) is 10.2 Å². The van der Waals surface area contributed by atoms with Gasteiger partial charge in [0.15, 0.2) is 0 Å². The van der Waals surface area contributed by atoms with Crippen molar-refractivity contribution in [1.82, 2.24) is 19.1 Å². The molecule has 1 saturated heterocycles. The minimum atomic E-state index is -3.54. The van der Waals surface area contributed by atoms with Crippen molar-refractivity contribution < 1.29 is 8.42 Å². The highest BCUT2D eigenvalue weighted by Crippen LogP contribution is 2.26. The SMILES string of the molecule is Cn1cnnc1CC1CCN(S(=O)(=O)c2cccc(C#N)c2)CC1. The van der Waals surface area contributed by atoms with E-state index in [0.717, 1.165) is 25.1 Å². The van der Waals surface area contributed by atoms with Crippen LogP contribution >= 0.6 is 0 Å². The monoisotopic (exact) mass is 345 g/mol. The zero-order chi connectivity index (χ0) is 17.2. The molecule has 0 radical (unpaired) electrons. The number of rotatable bonds is 4. The number of aromatic nitrogens is 3. The van der Waals surface area contributed by atoms with Gasteiger partial charge < -0.3 is 4.57 Å². The fourth-order valence-electron chi connectivity index (χ4n) is 2.98. The van der Waals surface area contributed by atoms with E-state index in [1.165, 1.54) is 10.4 Å². The van der Waals surface area contributed by atoms with Crippen LogP contribution in [-0.2, 0) is 23.5 Å². The molecule has 0 atom stereocenters. The molecule has 0 saturated carbocycles. The average Bonchev–Trinajstić information content (AvgIpc) is 3.00. The van der Waals surface area contributed by atoms with Gasteiger partial charge in [0, 0.05) is 26.6 Å². The lowest BCUT2D eigenvalue weighted by Gasteiger charge is -2.31. The molecule has 0 unspecified atom stereocenters. The van der Waals surface area contributed by atoms with E-state index in [9.17, 15) is 8.42 Å². The van der Waals surface area contributed by atoms with Crippen molar-refractivity contribution in [3.8, 4) is 6.07 Å². The minimum Gasteiger partial charge on any atom is -0.321 e. The van der Waals surface area contributed by atoms with E-state index in [4.69, 9.17) is 5.26 Å². The second kappa shape index (κ2) is 6.71. The van der Waals surface area contributed by atoms with Gasteiger partial charge in [0.1, 0.15) is 12.2 Å². The lowest BCUT2D eigenvalue weighted by atomic mass is 9.94. The standard InChI is InChI=1S/C16H19N5O2S/c1-20-12-18-19-16(20)10-13-5-7-21(8-6-13)24(22,23)15-4-2-3-14(9-15)11-17/h2-4,9,12-13H,5-8,10H2,1H3. The Hall–Kier alpha value is -2.24. The van der Waals surface area contributed by atoms with E-state index in [1.54, 1.807) is 24.5 Å². The van der Waals surface area contributed by atoms with E-state index in [0.29, 0.717) is 24.6 Å². The Morgan fingerprint density at radius 2 is 2.08 bits per heavy atom. The van der Waals surface area contributed by atoms with Crippen LogP contribution < -0.4 is 0 Å². The molecule has 1 fully saturated rings. The molecule has 7 nitrogen and oxygen atoms in total. The van der Waals surface area contributed by atoms with Gasteiger partial charge in [0.25, 0.3) is 0 Å². The molecule has 1 aliphatic rings. The number of aryl methyl sites for hydroxylation is 1. The molecule has 24 heavy (non-hydrogen) atoms. The molecule has 1 aliphatic heterocycles. The Bertz CT molecular complexity index is 861. The number of hydrogen-bond donors (Lipinski definition) is 0. The second-order valence-corrected chi connectivity index (χ2v) is 7.99. The Kier molecular flexibility index (Phi) is 4.64. The van der Waals surface area contributed by atoms with E-state index < -0.39 is 10.0 Å². The summed E-state index contributed by atoms with van der Waals surface area (Å²) in [6.07, 6.45) is 4.08. The summed E-state index contributed by atoms with van der Waals surface area (Å²) >= 11 is 0. The summed E-state index contributed by atoms with van der Waals surface area (Å²) in [6, 6.07) is 8.16. The van der Waals surface area contributed by atoms with E-state index in [1.807, 2.05) is 17.7 Å². The van der Waals surface area contributed by atoms with Gasteiger partial charge >= 0.3 is 0 Å². The molecule has 0 spiro atoms. The third kappa shape index (κ3) is 3.32. The number of piperidine rings is 1. The van der Waals surface area contributed by atoms with Crippen LogP contribution in [0.2, 0.25) is 0 Å². The fraction of sp³-hybridized carbons (Fsp3) is 0.438. The molecule has 126 valence electrons. The van der Waals surface area contributed by atoms with E-state index in [2.05, 4.69) is 10.2 Å². The van der Waals surface area contributed by atoms with Crippen molar-refractivity contribution in [3.63, 3.8) is 0 Å². The van der Waals surface area contributed by atoms with E-state index in [-0.39, 0.29) is 4.90 Å². The topological polar surface area (TPSA) is 91.9 Å². The predicted molar refractivity (Wildman–Crippen MR) is 87.3 cm³/mol. The average molecular weight is 345 g/mol. The second-order valence-electron chi connectivity index (χ2n) is 6.05. The minimum absolute atomic E-state index is 0.188. The molecule has 2 aromatic rings. The third-order valence-electron chi connectivity index (χ3n) is 4.45. The molecular formula is C16H19N5O2S. The predicted octanol–water partition coefficient (Wildman–Crippen LogP) is 1.33. The Morgan fingerprint density at radius 1 is 1.33 bits per heavy atom. The Balaban J connectivity index is 1.67. The summed E-state index contributed by atoms with van der Waals surface area (Å²) in [4.78, 5) is 0.188. The van der Waals surface area contributed by atoms with Crippen LogP contribution in [0.25, 0.3) is 0 Å². The quantitative estimate of drug-likeness (QED) is 0.833. The number of nitrogens with zero attached hydrogens (tertiary/aromatic N) is 5. The summed E-state index contributed by atoms with van der Waals surface area (Å²) in [5.41, 5.74) is 0.355. The van der Waals surface area contributed by atoms with Crippen LogP contribution in [0.3, 0.4) is 0 Å². The van der Waals surface area contributed by atoms with Crippen molar-refractivity contribution in [3.05, 3.63) is 42.0 Å². The van der Waals surface area contributed by atoms with Crippen molar-refractivity contribution in [2.45, 2.75) is 24.2 Å². The zero-order valence-electron chi connectivity index (χ0n) is 13.5. The van der Waals surface area contributed by atoms with Crippen LogP contribution in [0.1, 0.15) is 24.2 Å². The summed E-state index contributed by atoms with van der Waals surface area (Å²) in [7, 11) is -1.63. The molecule has 0 amide bonds. The number of hydrogen-bond acceptors (Lipinski definition) is 5. The summed E-state index contributed by atoms with van der Waals surface area (Å²) in [5, 5.41) is 16.9. The number of nitriles is 1. The normalized spacial score (nSPS) is 16.8. The summed E-state index contributed by atoms with van der Waals surface area (Å²) < 4.78 is 28.9. The first-order chi connectivity index (χ1) is 11.5. The Morgan fingerprint density at radius 3 is 2.71 bits per heavy atom. The molecule has 1 aromatic carbocycles. The van der Waals surface area contributed by atoms with Crippen LogP contribution in [0, 0.1) is 17.2 Å². The van der Waals surface area contributed by atoms with Gasteiger partial charge in [-0.2, -0.15) is 9.57 Å². The molecule has 0 aliphatic carbocycles. The van der Waals surface area contributed by atoms with Crippen molar-refractivity contribution in [1.29, 1.82) is 5.26 Å². The smallest absolute Gasteiger partial charge is 0.243 e. The molecule has 8 heteroatoms.